The summed E-state index contributed by atoms with van der Waals surface area (Å²) in [7, 11) is 3.11. The molecule has 1 fully saturated rings. The molecule has 0 radical (unpaired) electrons. The molecule has 1 aromatic rings. The number of hydrogen-bond acceptors (Lipinski definition) is 9. The van der Waals surface area contributed by atoms with Gasteiger partial charge in [0.25, 0.3) is 5.72 Å². The summed E-state index contributed by atoms with van der Waals surface area (Å²) in [6.07, 6.45) is 1.75. The van der Waals surface area contributed by atoms with Crippen LogP contribution < -0.4 is 25.8 Å². The van der Waals surface area contributed by atoms with Crippen LogP contribution >= 0.6 is 0 Å². The molecule has 3 N–H and O–H groups in total. The minimum atomic E-state index is -3.86. The lowest BCUT2D eigenvalue weighted by Gasteiger charge is -2.34. The van der Waals surface area contributed by atoms with Gasteiger partial charge in [-0.3, -0.25) is 20.7 Å². The van der Waals surface area contributed by atoms with Crippen LogP contribution in [0.15, 0.2) is 58.6 Å². The fourth-order valence-corrected chi connectivity index (χ4v) is 3.36. The number of benzene rings is 1. The lowest BCUT2D eigenvalue weighted by molar-refractivity contribution is -0.349. The second-order valence-corrected chi connectivity index (χ2v) is 6.94. The first kappa shape index (κ1) is 21.6. The molecule has 3 aliphatic rings. The largest absolute Gasteiger partial charge is 0.537 e. The maximum atomic E-state index is 13.9. The smallest absolute Gasteiger partial charge is 0.497 e. The summed E-state index contributed by atoms with van der Waals surface area (Å²) in [6, 6.07) is 5.37. The monoisotopic (exact) mass is 449 g/mol. The standard InChI is InChI=1S/C20H21F2N5O5/c1-12(28)25-26-16-6-7-18-19(32-20(21,22)31-18)15(16)10-27(11-23-19)24-9-13-4-5-14(29-2)8-17(13)30-3/h4-8,10-11,24,26H,9H2,1-3H3,(H,25,28). The molecular weight excluding hydrogens is 428 g/mol. The Bertz CT molecular complexity index is 1050. The number of amides is 1. The van der Waals surface area contributed by atoms with Gasteiger partial charge in [-0.2, -0.15) is 0 Å². The minimum absolute atomic E-state index is 0.171. The number of rotatable bonds is 7. The molecule has 10 nitrogen and oxygen atoms in total. The van der Waals surface area contributed by atoms with E-state index in [1.54, 1.807) is 26.4 Å². The van der Waals surface area contributed by atoms with E-state index in [1.807, 2.05) is 6.07 Å². The van der Waals surface area contributed by atoms with Crippen LogP contribution in [0.4, 0.5) is 8.78 Å². The van der Waals surface area contributed by atoms with Gasteiger partial charge in [0.2, 0.25) is 5.91 Å². The number of aliphatic imine (C=N–C) groups is 1. The predicted molar refractivity (Wildman–Crippen MR) is 108 cm³/mol. The zero-order valence-corrected chi connectivity index (χ0v) is 17.4. The first-order valence-corrected chi connectivity index (χ1v) is 9.49. The summed E-state index contributed by atoms with van der Waals surface area (Å²) in [4.78, 5) is 15.5. The Hall–Kier alpha value is -3.64. The number of halogens is 2. The number of ether oxygens (including phenoxy) is 4. The van der Waals surface area contributed by atoms with E-state index in [0.29, 0.717) is 23.7 Å². The molecule has 1 saturated heterocycles. The molecule has 2 heterocycles. The van der Waals surface area contributed by atoms with Gasteiger partial charge in [-0.05, 0) is 18.2 Å². The van der Waals surface area contributed by atoms with Crippen molar-refractivity contribution in [3.63, 3.8) is 0 Å². The zero-order valence-electron chi connectivity index (χ0n) is 17.4. The molecule has 0 bridgehead atoms. The van der Waals surface area contributed by atoms with Crippen molar-refractivity contribution in [2.45, 2.75) is 25.5 Å². The van der Waals surface area contributed by atoms with Gasteiger partial charge in [0, 0.05) is 31.3 Å². The quantitative estimate of drug-likeness (QED) is 0.540. The van der Waals surface area contributed by atoms with Crippen molar-refractivity contribution in [1.29, 1.82) is 0 Å². The summed E-state index contributed by atoms with van der Waals surface area (Å²) < 4.78 is 47.9. The number of alkyl halides is 2. The molecule has 12 heteroatoms. The molecule has 1 spiro atoms. The first-order chi connectivity index (χ1) is 15.3. The first-order valence-electron chi connectivity index (χ1n) is 9.49. The number of hydrazine groups is 2. The van der Waals surface area contributed by atoms with Crippen molar-refractivity contribution in [1.82, 2.24) is 21.3 Å². The average Bonchev–Trinajstić information content (AvgIpc) is 3.04. The summed E-state index contributed by atoms with van der Waals surface area (Å²) in [5, 5.41) is 1.48. The third kappa shape index (κ3) is 3.97. The highest BCUT2D eigenvalue weighted by atomic mass is 19.3. The second kappa shape index (κ2) is 8.13. The Labute approximate surface area is 182 Å². The Kier molecular flexibility index (Phi) is 5.48. The lowest BCUT2D eigenvalue weighted by Crippen LogP contribution is -2.47. The maximum absolute atomic E-state index is 13.9. The van der Waals surface area contributed by atoms with Crippen LogP contribution in [0.25, 0.3) is 0 Å². The number of allylic oxidation sites excluding steroid dienone is 2. The third-order valence-corrected chi connectivity index (χ3v) is 4.84. The molecule has 170 valence electrons. The molecule has 4 rings (SSSR count). The Morgan fingerprint density at radius 2 is 2.06 bits per heavy atom. The topological polar surface area (TPSA) is 106 Å². The third-order valence-electron chi connectivity index (χ3n) is 4.84. The predicted octanol–water partition coefficient (Wildman–Crippen LogP) is 1.65. The van der Waals surface area contributed by atoms with E-state index >= 15 is 0 Å². The van der Waals surface area contributed by atoms with Gasteiger partial charge in [-0.15, -0.1) is 8.78 Å². The summed E-state index contributed by atoms with van der Waals surface area (Å²) in [5.74, 6) is 0.715. The van der Waals surface area contributed by atoms with E-state index in [2.05, 4.69) is 26.0 Å². The summed E-state index contributed by atoms with van der Waals surface area (Å²) >= 11 is 0. The number of carbonyl (C=O) groups is 1. The van der Waals surface area contributed by atoms with Crippen LogP contribution in [0.5, 0.6) is 11.5 Å². The molecule has 1 aliphatic carbocycles. The van der Waals surface area contributed by atoms with Gasteiger partial charge in [0.15, 0.2) is 5.76 Å². The average molecular weight is 449 g/mol. The van der Waals surface area contributed by atoms with Gasteiger partial charge >= 0.3 is 6.29 Å². The van der Waals surface area contributed by atoms with Crippen LogP contribution in [0.2, 0.25) is 0 Å². The van der Waals surface area contributed by atoms with Gasteiger partial charge in [-0.1, -0.05) is 6.07 Å². The van der Waals surface area contributed by atoms with E-state index in [4.69, 9.17) is 14.2 Å². The maximum Gasteiger partial charge on any atom is 0.537 e. The van der Waals surface area contributed by atoms with Gasteiger partial charge in [-0.25, -0.2) is 15.2 Å². The molecule has 1 unspecified atom stereocenters. The highest BCUT2D eigenvalue weighted by Gasteiger charge is 2.62. The van der Waals surface area contributed by atoms with E-state index < -0.39 is 12.0 Å². The number of nitrogens with zero attached hydrogens (tertiary/aromatic N) is 2. The Morgan fingerprint density at radius 3 is 2.78 bits per heavy atom. The zero-order chi connectivity index (χ0) is 22.9. The fraction of sp³-hybridized carbons (Fsp3) is 0.300. The number of methoxy groups -OCH3 is 2. The molecule has 0 saturated carbocycles. The van der Waals surface area contributed by atoms with Crippen molar-refractivity contribution in [3.8, 4) is 11.5 Å². The minimum Gasteiger partial charge on any atom is -0.497 e. The molecule has 0 aromatic heterocycles. The molecule has 1 aromatic carbocycles. The van der Waals surface area contributed by atoms with E-state index in [-0.39, 0.29) is 17.2 Å². The van der Waals surface area contributed by atoms with Gasteiger partial charge in [0.1, 0.15) is 17.8 Å². The van der Waals surface area contributed by atoms with Crippen LogP contribution in [0, 0.1) is 0 Å². The number of hydrogen-bond donors (Lipinski definition) is 3. The second-order valence-electron chi connectivity index (χ2n) is 6.94. The molecule has 32 heavy (non-hydrogen) atoms. The van der Waals surface area contributed by atoms with E-state index in [0.717, 1.165) is 5.56 Å². The van der Waals surface area contributed by atoms with Crippen molar-refractivity contribution < 1.29 is 32.5 Å². The van der Waals surface area contributed by atoms with Crippen molar-refractivity contribution in [2.24, 2.45) is 4.99 Å². The van der Waals surface area contributed by atoms with Crippen molar-refractivity contribution in [2.75, 3.05) is 14.2 Å². The van der Waals surface area contributed by atoms with Crippen LogP contribution in [-0.2, 0) is 20.8 Å². The van der Waals surface area contributed by atoms with Gasteiger partial charge in [0.05, 0.1) is 25.5 Å². The lowest BCUT2D eigenvalue weighted by atomic mass is 9.93. The summed E-state index contributed by atoms with van der Waals surface area (Å²) in [6.45, 7) is 1.63. The van der Waals surface area contributed by atoms with E-state index in [9.17, 15) is 13.6 Å². The van der Waals surface area contributed by atoms with E-state index in [1.165, 1.54) is 36.6 Å². The summed E-state index contributed by atoms with van der Waals surface area (Å²) in [5.41, 5.74) is 7.66. The number of carbonyl (C=O) groups excluding carboxylic acids is 1. The Morgan fingerprint density at radius 1 is 1.25 bits per heavy atom. The molecular formula is C20H21F2N5O5. The van der Waals surface area contributed by atoms with Crippen molar-refractivity contribution in [3.05, 3.63) is 59.1 Å². The number of nitrogens with one attached hydrogen (secondary N) is 3. The highest BCUT2D eigenvalue weighted by molar-refractivity contribution is 5.73. The Balaban J connectivity index is 1.58. The highest BCUT2D eigenvalue weighted by Crippen LogP contribution is 2.50. The molecule has 2 aliphatic heterocycles. The SMILES string of the molecule is COc1ccc(CNN2C=NC34OC(F)(F)OC3=CC=C(NNC(C)=O)C4=C2)c(OC)c1. The molecule has 1 atom stereocenters. The fourth-order valence-electron chi connectivity index (χ4n) is 3.36. The molecule has 1 amide bonds. The normalized spacial score (nSPS) is 22.5. The van der Waals surface area contributed by atoms with Crippen LogP contribution in [0.1, 0.15) is 12.5 Å². The van der Waals surface area contributed by atoms with Crippen molar-refractivity contribution >= 4 is 12.2 Å². The van der Waals surface area contributed by atoms with Gasteiger partial charge < -0.3 is 14.2 Å². The van der Waals surface area contributed by atoms with Crippen LogP contribution in [0.3, 0.4) is 0 Å². The van der Waals surface area contributed by atoms with Crippen LogP contribution in [-0.4, -0.2) is 43.5 Å².